The molecule has 0 radical (unpaired) electrons. The Morgan fingerprint density at radius 1 is 0.548 bits per heavy atom. The van der Waals surface area contributed by atoms with Crippen LogP contribution in [0.25, 0.3) is 0 Å². The Labute approximate surface area is 385 Å². The first-order valence-electron chi connectivity index (χ1n) is 26.4. The number of carbonyl (C=O) groups excluding carboxylic acids is 1. The van der Waals surface area contributed by atoms with Gasteiger partial charge in [0.15, 0.2) is 0 Å². The first-order valence-corrected chi connectivity index (χ1v) is 28.3. The number of esters is 1. The lowest BCUT2D eigenvalue weighted by molar-refractivity contribution is -0.150. The Kier molecular flexibility index (Phi) is 32.8. The summed E-state index contributed by atoms with van der Waals surface area (Å²) in [6.45, 7) is 16.7. The lowest BCUT2D eigenvalue weighted by atomic mass is 10.1. The predicted molar refractivity (Wildman–Crippen MR) is 272 cm³/mol. The SMILES string of the molecule is CCCCCCCCCCCCCCN(C)[C@H](COCC[C@@H](CCCCCCC)OC(=O)CCCCCCCCCCC)CO[Si](c1ccccc1)(c1ccccc1)C(C)(C)C. The zero-order chi connectivity index (χ0) is 45.0. The number of unbranched alkanes of at least 4 members (excludes halogenated alkanes) is 23. The van der Waals surface area contributed by atoms with E-state index in [-0.39, 0.29) is 23.2 Å². The van der Waals surface area contributed by atoms with E-state index in [0.29, 0.717) is 26.2 Å². The topological polar surface area (TPSA) is 48.0 Å². The van der Waals surface area contributed by atoms with Gasteiger partial charge in [-0.1, -0.05) is 250 Å². The van der Waals surface area contributed by atoms with Crippen molar-refractivity contribution >= 4 is 24.7 Å². The van der Waals surface area contributed by atoms with E-state index in [0.717, 1.165) is 38.6 Å². The van der Waals surface area contributed by atoms with Gasteiger partial charge in [0, 0.05) is 12.8 Å². The molecule has 0 saturated heterocycles. The highest BCUT2D eigenvalue weighted by molar-refractivity contribution is 6.99. The molecule has 0 fully saturated rings. The number of hydrogen-bond acceptors (Lipinski definition) is 5. The average molecular weight is 878 g/mol. The van der Waals surface area contributed by atoms with Crippen molar-refractivity contribution in [1.29, 1.82) is 0 Å². The molecular formula is C56H99NO4Si. The molecule has 0 aliphatic carbocycles. The molecule has 0 aromatic heterocycles. The molecule has 0 N–H and O–H groups in total. The van der Waals surface area contributed by atoms with Crippen molar-refractivity contribution < 1.29 is 18.7 Å². The molecule has 0 unspecified atom stereocenters. The first kappa shape index (κ1) is 56.1. The number of carbonyl (C=O) groups is 1. The van der Waals surface area contributed by atoms with E-state index in [1.54, 1.807) is 0 Å². The van der Waals surface area contributed by atoms with Crippen LogP contribution in [0.15, 0.2) is 60.7 Å². The zero-order valence-electron chi connectivity index (χ0n) is 41.8. The molecule has 356 valence electrons. The first-order chi connectivity index (χ1) is 30.2. The Balaban J connectivity index is 2.07. The van der Waals surface area contributed by atoms with E-state index >= 15 is 0 Å². The van der Waals surface area contributed by atoms with Crippen LogP contribution in [0.4, 0.5) is 0 Å². The van der Waals surface area contributed by atoms with E-state index in [4.69, 9.17) is 13.9 Å². The van der Waals surface area contributed by atoms with Crippen LogP contribution in [0.2, 0.25) is 5.04 Å². The summed E-state index contributed by atoms with van der Waals surface area (Å²) in [6.07, 6.45) is 35.7. The number of hydrogen-bond donors (Lipinski definition) is 0. The predicted octanol–water partition coefficient (Wildman–Crippen LogP) is 15.2. The van der Waals surface area contributed by atoms with Gasteiger partial charge in [0.05, 0.1) is 25.9 Å². The van der Waals surface area contributed by atoms with Gasteiger partial charge in [0.25, 0.3) is 8.32 Å². The second-order valence-electron chi connectivity index (χ2n) is 19.8. The second kappa shape index (κ2) is 36.3. The minimum Gasteiger partial charge on any atom is -0.462 e. The van der Waals surface area contributed by atoms with Crippen molar-refractivity contribution in [2.24, 2.45) is 0 Å². The highest BCUT2D eigenvalue weighted by Crippen LogP contribution is 2.37. The highest BCUT2D eigenvalue weighted by Gasteiger charge is 2.50. The second-order valence-corrected chi connectivity index (χ2v) is 24.1. The van der Waals surface area contributed by atoms with E-state index in [1.807, 2.05) is 0 Å². The number of rotatable bonds is 41. The maximum absolute atomic E-state index is 13.1. The third-order valence-electron chi connectivity index (χ3n) is 13.2. The fourth-order valence-corrected chi connectivity index (χ4v) is 13.8. The normalized spacial score (nSPS) is 13.2. The third kappa shape index (κ3) is 24.3. The van der Waals surface area contributed by atoms with Crippen molar-refractivity contribution in [3.63, 3.8) is 0 Å². The highest BCUT2D eigenvalue weighted by atomic mass is 28.4. The Morgan fingerprint density at radius 2 is 0.968 bits per heavy atom. The van der Waals surface area contributed by atoms with Crippen molar-refractivity contribution in [3.8, 4) is 0 Å². The number of likely N-dealkylation sites (N-methyl/N-ethyl adjacent to an activating group) is 1. The van der Waals surface area contributed by atoms with Gasteiger partial charge >= 0.3 is 5.97 Å². The average Bonchev–Trinajstić information content (AvgIpc) is 3.27. The molecule has 0 aliphatic heterocycles. The van der Waals surface area contributed by atoms with Crippen LogP contribution in [-0.4, -0.2) is 64.7 Å². The van der Waals surface area contributed by atoms with Gasteiger partial charge in [-0.3, -0.25) is 9.69 Å². The molecule has 62 heavy (non-hydrogen) atoms. The van der Waals surface area contributed by atoms with E-state index in [9.17, 15) is 4.79 Å². The monoisotopic (exact) mass is 878 g/mol. The molecule has 0 heterocycles. The summed E-state index contributed by atoms with van der Waals surface area (Å²) in [5.74, 6) is -0.0229. The molecule has 0 bridgehead atoms. The lowest BCUT2D eigenvalue weighted by Gasteiger charge is -2.44. The minimum absolute atomic E-state index is 0.0229. The summed E-state index contributed by atoms with van der Waals surface area (Å²) >= 11 is 0. The molecule has 0 amide bonds. The Hall–Kier alpha value is -1.99. The maximum atomic E-state index is 13.1. The third-order valence-corrected chi connectivity index (χ3v) is 18.2. The van der Waals surface area contributed by atoms with E-state index < -0.39 is 8.32 Å². The van der Waals surface area contributed by atoms with Gasteiger partial charge in [-0.2, -0.15) is 0 Å². The molecule has 0 saturated carbocycles. The summed E-state index contributed by atoms with van der Waals surface area (Å²) < 4.78 is 20.3. The van der Waals surface area contributed by atoms with Gasteiger partial charge in [-0.05, 0) is 54.7 Å². The lowest BCUT2D eigenvalue weighted by Crippen LogP contribution is -2.67. The number of ether oxygens (including phenoxy) is 2. The number of nitrogens with zero attached hydrogens (tertiary/aromatic N) is 1. The van der Waals surface area contributed by atoms with Gasteiger partial charge < -0.3 is 13.9 Å². The van der Waals surface area contributed by atoms with Crippen molar-refractivity contribution in [1.82, 2.24) is 4.90 Å². The zero-order valence-corrected chi connectivity index (χ0v) is 42.8. The molecule has 0 spiro atoms. The molecular weight excluding hydrogens is 779 g/mol. The van der Waals surface area contributed by atoms with Crippen molar-refractivity contribution in [3.05, 3.63) is 60.7 Å². The molecule has 6 heteroatoms. The van der Waals surface area contributed by atoms with Gasteiger partial charge in [0.1, 0.15) is 6.10 Å². The van der Waals surface area contributed by atoms with Crippen LogP contribution in [0.5, 0.6) is 0 Å². The van der Waals surface area contributed by atoms with Crippen LogP contribution >= 0.6 is 0 Å². The largest absolute Gasteiger partial charge is 0.462 e. The Bertz CT molecular complexity index is 1260. The Morgan fingerprint density at radius 3 is 1.42 bits per heavy atom. The van der Waals surface area contributed by atoms with Crippen LogP contribution in [0.1, 0.15) is 228 Å². The molecule has 2 aromatic rings. The molecule has 0 aliphatic rings. The van der Waals surface area contributed by atoms with Crippen LogP contribution in [0.3, 0.4) is 0 Å². The molecule has 2 atom stereocenters. The summed E-state index contributed by atoms with van der Waals surface area (Å²) in [4.78, 5) is 15.6. The molecule has 5 nitrogen and oxygen atoms in total. The summed E-state index contributed by atoms with van der Waals surface area (Å²) in [6, 6.07) is 22.1. The van der Waals surface area contributed by atoms with Crippen molar-refractivity contribution in [2.45, 2.75) is 245 Å². The van der Waals surface area contributed by atoms with Crippen LogP contribution in [-0.2, 0) is 18.7 Å². The smallest absolute Gasteiger partial charge is 0.306 e. The van der Waals surface area contributed by atoms with Crippen molar-refractivity contribution in [2.75, 3.05) is 33.4 Å². The maximum Gasteiger partial charge on any atom is 0.306 e. The molecule has 2 aromatic carbocycles. The van der Waals surface area contributed by atoms with Crippen LogP contribution in [0, 0.1) is 0 Å². The van der Waals surface area contributed by atoms with Crippen LogP contribution < -0.4 is 10.4 Å². The van der Waals surface area contributed by atoms with Gasteiger partial charge in [-0.15, -0.1) is 0 Å². The molecule has 2 rings (SSSR count). The van der Waals surface area contributed by atoms with Gasteiger partial charge in [-0.25, -0.2) is 0 Å². The summed E-state index contributed by atoms with van der Waals surface area (Å²) in [5.41, 5.74) is 0. The fourth-order valence-electron chi connectivity index (χ4n) is 9.17. The summed E-state index contributed by atoms with van der Waals surface area (Å²) in [7, 11) is -0.430. The van der Waals surface area contributed by atoms with Gasteiger partial charge in [0.2, 0.25) is 0 Å². The van der Waals surface area contributed by atoms with E-state index in [2.05, 4.69) is 114 Å². The number of benzene rings is 2. The van der Waals surface area contributed by atoms with E-state index in [1.165, 1.54) is 158 Å². The standard InChI is InChI=1S/C56H99NO4Si/c1-8-11-14-17-19-21-22-23-25-27-30-39-47-57(7)51(50-60-62(56(4,5)6,53-41-34-31-35-42-53)54-43-36-32-37-44-54)49-59-48-46-52(40-33-28-16-13-10-3)61-55(58)45-38-29-26-24-20-18-15-12-9-2/h31-32,34-37,41-44,51-52H,8-30,33,38-40,45-50H2,1-7H3/t51-,52-/m1/s1. The fraction of sp³-hybridized carbons (Fsp3) is 0.768. The quantitative estimate of drug-likeness (QED) is 0.0378. The minimum atomic E-state index is -2.70. The summed E-state index contributed by atoms with van der Waals surface area (Å²) in [5, 5.41) is 2.54.